The Morgan fingerprint density at radius 3 is 0.895 bits per heavy atom. The molecule has 0 aliphatic carbocycles. The summed E-state index contributed by atoms with van der Waals surface area (Å²) in [5, 5.41) is 15.7. The summed E-state index contributed by atoms with van der Waals surface area (Å²) in [6.07, 6.45) is 0. The van der Waals surface area contributed by atoms with Crippen LogP contribution in [0.5, 0.6) is 0 Å². The van der Waals surface area contributed by atoms with Gasteiger partial charge in [-0.05, 0) is 82.9 Å². The first-order chi connectivity index (χ1) is 28.3. The van der Waals surface area contributed by atoms with E-state index in [9.17, 15) is 0 Å². The van der Waals surface area contributed by atoms with Crippen molar-refractivity contribution < 1.29 is 0 Å². The third-order valence-electron chi connectivity index (χ3n) is 13.4. The zero-order chi connectivity index (χ0) is 36.7. The number of hydrogen-bond acceptors (Lipinski definition) is 0. The minimum Gasteiger partial charge on any atom is -0.308 e. The first-order valence-electron chi connectivity index (χ1n) is 19.9. The molecule has 0 aliphatic rings. The molecular weight excluding hydrogens is 691 g/mol. The first-order valence-corrected chi connectivity index (χ1v) is 19.9. The maximum absolute atomic E-state index is 2.54. The molecule has 9 aromatic carbocycles. The lowest BCUT2D eigenvalue weighted by Gasteiger charge is -2.09. The molecule has 0 amide bonds. The minimum absolute atomic E-state index is 1.25. The predicted molar refractivity (Wildman–Crippen MR) is 241 cm³/mol. The summed E-state index contributed by atoms with van der Waals surface area (Å²) < 4.78 is 7.47. The van der Waals surface area contributed by atoms with E-state index in [4.69, 9.17) is 0 Å². The normalized spacial score (nSPS) is 12.9. The molecule has 3 nitrogen and oxygen atoms in total. The first kappa shape index (κ1) is 28.8. The van der Waals surface area contributed by atoms with Crippen LogP contribution in [0.15, 0.2) is 176 Å². The molecule has 15 aromatic rings. The Hall–Kier alpha value is -7.62. The van der Waals surface area contributed by atoms with Gasteiger partial charge in [-0.2, -0.15) is 0 Å². The second-order valence-corrected chi connectivity index (χ2v) is 16.0. The molecule has 0 bridgehead atoms. The van der Waals surface area contributed by atoms with Crippen molar-refractivity contribution in [1.29, 1.82) is 0 Å². The smallest absolute Gasteiger partial charge is 0.0620 e. The molecule has 0 radical (unpaired) electrons. The van der Waals surface area contributed by atoms with E-state index >= 15 is 0 Å². The molecule has 57 heavy (non-hydrogen) atoms. The Labute approximate surface area is 324 Å². The number of hydrogen-bond donors (Lipinski definition) is 0. The van der Waals surface area contributed by atoms with Crippen LogP contribution in [0.2, 0.25) is 0 Å². The van der Waals surface area contributed by atoms with Gasteiger partial charge in [0.2, 0.25) is 0 Å². The molecule has 0 atom stereocenters. The highest BCUT2D eigenvalue weighted by atomic mass is 14.9. The average Bonchev–Trinajstić information content (AvgIpc) is 4.11. The summed E-state index contributed by atoms with van der Waals surface area (Å²) in [6.45, 7) is 0. The molecule has 0 saturated carbocycles. The maximum Gasteiger partial charge on any atom is 0.0620 e. The molecule has 3 heteroatoms. The summed E-state index contributed by atoms with van der Waals surface area (Å²) in [6, 6.07) is 66.0. The van der Waals surface area contributed by atoms with Crippen molar-refractivity contribution in [2.24, 2.45) is 0 Å². The summed E-state index contributed by atoms with van der Waals surface area (Å²) in [5.41, 5.74) is 16.5. The molecule has 0 unspecified atom stereocenters. The highest BCUT2D eigenvalue weighted by Crippen LogP contribution is 2.49. The van der Waals surface area contributed by atoms with E-state index in [2.05, 4.69) is 189 Å². The van der Waals surface area contributed by atoms with Gasteiger partial charge in [0.05, 0.1) is 49.7 Å². The average molecular weight is 720 g/mol. The van der Waals surface area contributed by atoms with E-state index in [0.29, 0.717) is 0 Å². The Kier molecular flexibility index (Phi) is 4.94. The Bertz CT molecular complexity index is 3780. The monoisotopic (exact) mass is 719 g/mol. The number of benzene rings is 9. The number of para-hydroxylation sites is 5. The molecule has 0 spiro atoms. The Morgan fingerprint density at radius 1 is 0.228 bits per heavy atom. The van der Waals surface area contributed by atoms with Crippen LogP contribution >= 0.6 is 0 Å². The highest BCUT2D eigenvalue weighted by Gasteiger charge is 2.25. The van der Waals surface area contributed by atoms with Crippen molar-refractivity contribution in [2.75, 3.05) is 0 Å². The van der Waals surface area contributed by atoms with Gasteiger partial charge in [-0.15, -0.1) is 0 Å². The predicted octanol–water partition coefficient (Wildman–Crippen LogP) is 14.5. The van der Waals surface area contributed by atoms with Crippen molar-refractivity contribution in [3.63, 3.8) is 0 Å². The molecule has 0 fully saturated rings. The van der Waals surface area contributed by atoms with E-state index in [1.807, 2.05) is 0 Å². The van der Waals surface area contributed by atoms with Crippen molar-refractivity contribution in [3.05, 3.63) is 176 Å². The quantitative estimate of drug-likeness (QED) is 0.169. The third-order valence-corrected chi connectivity index (χ3v) is 13.4. The van der Waals surface area contributed by atoms with Gasteiger partial charge in [-0.1, -0.05) is 115 Å². The van der Waals surface area contributed by atoms with E-state index in [1.54, 1.807) is 0 Å². The molecule has 0 saturated heterocycles. The van der Waals surface area contributed by atoms with Crippen LogP contribution in [0.25, 0.3) is 137 Å². The number of aromatic nitrogens is 3. The largest absolute Gasteiger partial charge is 0.308 e. The van der Waals surface area contributed by atoms with Crippen LogP contribution in [-0.2, 0) is 0 Å². The second-order valence-electron chi connectivity index (χ2n) is 16.0. The van der Waals surface area contributed by atoms with Crippen molar-refractivity contribution >= 4 is 114 Å². The molecular formula is C54H29N3. The fourth-order valence-corrected chi connectivity index (χ4v) is 11.3. The molecule has 260 valence electrons. The second kappa shape index (κ2) is 9.78. The standard InChI is InChI=1S/C54H29N3/c1-5-20-44-34(12-1)40-26-30(27-41-35-13-2-6-21-45(35)55(44)53(40)41)32-16-10-24-48-50(32)38-18-9-19-39-51-33(17-11-25-49(51)57(48)52(38)39)31-28-42-36-14-3-7-22-46(36)56-47-23-8-4-15-37(47)43(29-31)54(42)56/h1-29H. The lowest BCUT2D eigenvalue weighted by Crippen LogP contribution is -1.85. The topological polar surface area (TPSA) is 13.2 Å². The van der Waals surface area contributed by atoms with Gasteiger partial charge >= 0.3 is 0 Å². The fourth-order valence-electron chi connectivity index (χ4n) is 11.3. The zero-order valence-electron chi connectivity index (χ0n) is 30.6. The van der Waals surface area contributed by atoms with Crippen LogP contribution in [0.1, 0.15) is 0 Å². The van der Waals surface area contributed by atoms with Gasteiger partial charge < -0.3 is 13.2 Å². The summed E-state index contributed by atoms with van der Waals surface area (Å²) in [4.78, 5) is 0. The summed E-state index contributed by atoms with van der Waals surface area (Å²) >= 11 is 0. The third kappa shape index (κ3) is 3.27. The van der Waals surface area contributed by atoms with Crippen LogP contribution < -0.4 is 0 Å². The van der Waals surface area contributed by atoms with Gasteiger partial charge in [0.25, 0.3) is 0 Å². The van der Waals surface area contributed by atoms with Gasteiger partial charge in [-0.25, -0.2) is 0 Å². The van der Waals surface area contributed by atoms with Crippen LogP contribution in [-0.4, -0.2) is 13.2 Å². The lowest BCUT2D eigenvalue weighted by atomic mass is 9.94. The molecule has 0 aliphatic heterocycles. The van der Waals surface area contributed by atoms with Crippen molar-refractivity contribution in [2.45, 2.75) is 0 Å². The Morgan fingerprint density at radius 2 is 0.509 bits per heavy atom. The van der Waals surface area contributed by atoms with E-state index in [-0.39, 0.29) is 0 Å². The highest BCUT2D eigenvalue weighted by molar-refractivity contribution is 6.31. The molecule has 15 rings (SSSR count). The zero-order valence-corrected chi connectivity index (χ0v) is 30.6. The van der Waals surface area contributed by atoms with Gasteiger partial charge in [0, 0.05) is 64.6 Å². The fraction of sp³-hybridized carbons (Fsp3) is 0. The number of rotatable bonds is 2. The molecule has 6 heterocycles. The summed E-state index contributed by atoms with van der Waals surface area (Å²) in [5.74, 6) is 0. The van der Waals surface area contributed by atoms with Crippen LogP contribution in [0.4, 0.5) is 0 Å². The van der Waals surface area contributed by atoms with Crippen LogP contribution in [0.3, 0.4) is 0 Å². The SMILES string of the molecule is c1ccc2c(c1)c1cc(-c3cccc4c3c3cccc5c6c(-c7cc8c9ccccc9n9c%10ccccc%10c(c7)c89)cccc6n4c35)cc3c4ccccc4n2c13. The molecule has 6 aromatic heterocycles. The van der Waals surface area contributed by atoms with E-state index < -0.39 is 0 Å². The maximum atomic E-state index is 2.54. The van der Waals surface area contributed by atoms with Gasteiger partial charge in [-0.3, -0.25) is 0 Å². The lowest BCUT2D eigenvalue weighted by molar-refractivity contribution is 1.37. The molecule has 0 N–H and O–H groups in total. The minimum atomic E-state index is 1.25. The van der Waals surface area contributed by atoms with Gasteiger partial charge in [0.1, 0.15) is 0 Å². The van der Waals surface area contributed by atoms with E-state index in [0.717, 1.165) is 0 Å². The number of nitrogens with zero attached hydrogens (tertiary/aromatic N) is 3. The van der Waals surface area contributed by atoms with Gasteiger partial charge in [0.15, 0.2) is 0 Å². The Balaban J connectivity index is 1.04. The number of fused-ring (bicyclic) bond motifs is 18. The van der Waals surface area contributed by atoms with E-state index in [1.165, 1.54) is 137 Å². The van der Waals surface area contributed by atoms with Crippen LogP contribution in [0, 0.1) is 0 Å². The van der Waals surface area contributed by atoms with Crippen molar-refractivity contribution in [3.8, 4) is 22.3 Å². The van der Waals surface area contributed by atoms with Crippen molar-refractivity contribution in [1.82, 2.24) is 13.2 Å². The summed E-state index contributed by atoms with van der Waals surface area (Å²) in [7, 11) is 0.